The molecule has 0 aromatic carbocycles. The Hall–Kier alpha value is -1.23. The van der Waals surface area contributed by atoms with Gasteiger partial charge in [-0.1, -0.05) is 13.8 Å². The lowest BCUT2D eigenvalue weighted by atomic mass is 10.4. The zero-order chi connectivity index (χ0) is 10.3. The number of aromatic nitrogens is 1. The smallest absolute Gasteiger partial charge is 0.259 e. The van der Waals surface area contributed by atoms with Crippen LogP contribution in [0.4, 0.5) is 5.88 Å². The van der Waals surface area contributed by atoms with E-state index in [-0.39, 0.29) is 19.1 Å². The second kappa shape index (κ2) is 6.30. The number of hydrogen-bond donors (Lipinski definition) is 2. The molecular weight excluding hydrogens is 172 g/mol. The van der Waals surface area contributed by atoms with Gasteiger partial charge in [0.25, 0.3) is 5.88 Å². The van der Waals surface area contributed by atoms with Crippen molar-refractivity contribution < 1.29 is 14.4 Å². The Labute approximate surface area is 77.5 Å². The van der Waals surface area contributed by atoms with E-state index < -0.39 is 0 Å². The number of ether oxygens (including phenoxy) is 1. The minimum absolute atomic E-state index is 0.0494. The van der Waals surface area contributed by atoms with E-state index in [1.54, 1.807) is 6.92 Å². The highest BCUT2D eigenvalue weighted by molar-refractivity contribution is 5.40. The van der Waals surface area contributed by atoms with Crippen LogP contribution in [0, 0.1) is 6.92 Å². The molecule has 0 saturated heterocycles. The van der Waals surface area contributed by atoms with Gasteiger partial charge in [-0.15, -0.1) is 0 Å². The number of hydrogen-bond acceptors (Lipinski definition) is 5. The third kappa shape index (κ3) is 3.33. The van der Waals surface area contributed by atoms with Gasteiger partial charge >= 0.3 is 0 Å². The highest BCUT2D eigenvalue weighted by Crippen LogP contribution is 2.21. The number of aliphatic hydroxyl groups is 1. The van der Waals surface area contributed by atoms with Crippen molar-refractivity contribution in [3.63, 3.8) is 0 Å². The number of nitrogens with two attached hydrogens (primary N) is 1. The maximum atomic E-state index is 8.41. The fourth-order valence-corrected chi connectivity index (χ4v) is 0.610. The van der Waals surface area contributed by atoms with Crippen molar-refractivity contribution in [2.45, 2.75) is 20.8 Å². The molecule has 1 aromatic heterocycles. The Bertz CT molecular complexity index is 235. The van der Waals surface area contributed by atoms with Gasteiger partial charge < -0.3 is 20.1 Å². The van der Waals surface area contributed by atoms with Crippen LogP contribution in [0.5, 0.6) is 5.88 Å². The fourth-order valence-electron chi connectivity index (χ4n) is 0.610. The van der Waals surface area contributed by atoms with E-state index in [9.17, 15) is 0 Å². The minimum atomic E-state index is -0.0494. The maximum absolute atomic E-state index is 8.41. The van der Waals surface area contributed by atoms with E-state index in [4.69, 9.17) is 15.6 Å². The van der Waals surface area contributed by atoms with E-state index in [2.05, 4.69) is 9.68 Å². The monoisotopic (exact) mass is 188 g/mol. The number of nitrogens with zero attached hydrogens (tertiary/aromatic N) is 1. The van der Waals surface area contributed by atoms with Crippen LogP contribution >= 0.6 is 0 Å². The molecule has 0 unspecified atom stereocenters. The molecular formula is C8H16N2O3. The summed E-state index contributed by atoms with van der Waals surface area (Å²) in [6.07, 6.45) is 0. The average molecular weight is 188 g/mol. The summed E-state index contributed by atoms with van der Waals surface area (Å²) >= 11 is 0. The second-order valence-electron chi connectivity index (χ2n) is 2.05. The summed E-state index contributed by atoms with van der Waals surface area (Å²) in [5.41, 5.74) is 6.01. The highest BCUT2D eigenvalue weighted by Gasteiger charge is 2.08. The zero-order valence-corrected chi connectivity index (χ0v) is 8.20. The first kappa shape index (κ1) is 11.8. The van der Waals surface area contributed by atoms with Crippen molar-refractivity contribution in [3.8, 4) is 5.88 Å². The van der Waals surface area contributed by atoms with Crippen LogP contribution in [-0.2, 0) is 0 Å². The van der Waals surface area contributed by atoms with Gasteiger partial charge in [-0.25, -0.2) is 0 Å². The molecule has 1 heterocycles. The number of rotatable bonds is 3. The van der Waals surface area contributed by atoms with Crippen LogP contribution in [0.25, 0.3) is 0 Å². The van der Waals surface area contributed by atoms with E-state index in [1.165, 1.54) is 0 Å². The SMILES string of the molecule is CC.Cc1c(OCCO)noc1N. The van der Waals surface area contributed by atoms with E-state index >= 15 is 0 Å². The second-order valence-corrected chi connectivity index (χ2v) is 2.05. The molecule has 0 spiro atoms. The predicted molar refractivity (Wildman–Crippen MR) is 49.6 cm³/mol. The molecule has 3 N–H and O–H groups in total. The molecule has 0 aliphatic rings. The van der Waals surface area contributed by atoms with Gasteiger partial charge in [0, 0.05) is 0 Å². The Morgan fingerprint density at radius 2 is 2.15 bits per heavy atom. The van der Waals surface area contributed by atoms with Crippen LogP contribution in [-0.4, -0.2) is 23.5 Å². The lowest BCUT2D eigenvalue weighted by Crippen LogP contribution is -2.02. The topological polar surface area (TPSA) is 81.5 Å². The third-order valence-corrected chi connectivity index (χ3v) is 1.25. The van der Waals surface area contributed by atoms with Gasteiger partial charge in [0.05, 0.1) is 12.2 Å². The molecule has 0 radical (unpaired) electrons. The van der Waals surface area contributed by atoms with Gasteiger partial charge in [-0.2, -0.15) is 0 Å². The molecule has 0 fully saturated rings. The third-order valence-electron chi connectivity index (χ3n) is 1.25. The molecule has 0 bridgehead atoms. The number of aliphatic hydroxyl groups excluding tert-OH is 1. The van der Waals surface area contributed by atoms with Crippen molar-refractivity contribution in [1.82, 2.24) is 5.16 Å². The zero-order valence-electron chi connectivity index (χ0n) is 8.20. The lowest BCUT2D eigenvalue weighted by Gasteiger charge is -1.97. The molecule has 0 aliphatic carbocycles. The number of nitrogen functional groups attached to an aromatic ring is 1. The molecule has 0 amide bonds. The summed E-state index contributed by atoms with van der Waals surface area (Å²) < 4.78 is 9.59. The molecule has 5 heteroatoms. The van der Waals surface area contributed by atoms with Gasteiger partial charge in [0.15, 0.2) is 0 Å². The molecule has 76 valence electrons. The van der Waals surface area contributed by atoms with Gasteiger partial charge in [-0.05, 0) is 12.1 Å². The standard InChI is InChI=1S/C6H10N2O3.C2H6/c1-4-5(7)11-8-6(4)10-3-2-9;1-2/h9H,2-3,7H2,1H3;1-2H3. The summed E-state index contributed by atoms with van der Waals surface area (Å²) in [5, 5.41) is 11.9. The first-order valence-corrected chi connectivity index (χ1v) is 4.21. The quantitative estimate of drug-likeness (QED) is 0.738. The van der Waals surface area contributed by atoms with Crippen molar-refractivity contribution in [1.29, 1.82) is 0 Å². The maximum Gasteiger partial charge on any atom is 0.259 e. The van der Waals surface area contributed by atoms with Gasteiger partial charge in [0.2, 0.25) is 5.88 Å². The molecule has 1 aromatic rings. The fraction of sp³-hybridized carbons (Fsp3) is 0.625. The summed E-state index contributed by atoms with van der Waals surface area (Å²) in [6.45, 7) is 5.89. The van der Waals surface area contributed by atoms with Crippen LogP contribution < -0.4 is 10.5 Å². The summed E-state index contributed by atoms with van der Waals surface area (Å²) in [5.74, 6) is 0.592. The van der Waals surface area contributed by atoms with E-state index in [0.29, 0.717) is 11.4 Å². The summed E-state index contributed by atoms with van der Waals surface area (Å²) in [6, 6.07) is 0. The van der Waals surface area contributed by atoms with Crippen LogP contribution in [0.15, 0.2) is 4.52 Å². The van der Waals surface area contributed by atoms with Crippen molar-refractivity contribution in [3.05, 3.63) is 5.56 Å². The molecule has 0 saturated carbocycles. The molecule has 1 rings (SSSR count). The van der Waals surface area contributed by atoms with Crippen LogP contribution in [0.3, 0.4) is 0 Å². The van der Waals surface area contributed by atoms with E-state index in [0.717, 1.165) is 0 Å². The Morgan fingerprint density at radius 3 is 2.54 bits per heavy atom. The summed E-state index contributed by atoms with van der Waals surface area (Å²) in [7, 11) is 0. The lowest BCUT2D eigenvalue weighted by molar-refractivity contribution is 0.190. The first-order valence-electron chi connectivity index (χ1n) is 4.21. The Balaban J connectivity index is 0.000000671. The van der Waals surface area contributed by atoms with Gasteiger partial charge in [0.1, 0.15) is 6.61 Å². The van der Waals surface area contributed by atoms with Crippen molar-refractivity contribution in [2.75, 3.05) is 18.9 Å². The molecule has 5 nitrogen and oxygen atoms in total. The minimum Gasteiger partial charge on any atom is -0.473 e. The highest BCUT2D eigenvalue weighted by atomic mass is 16.5. The summed E-state index contributed by atoms with van der Waals surface area (Å²) in [4.78, 5) is 0. The Kier molecular flexibility index (Phi) is 5.71. The largest absolute Gasteiger partial charge is 0.473 e. The van der Waals surface area contributed by atoms with Crippen molar-refractivity contribution >= 4 is 5.88 Å². The van der Waals surface area contributed by atoms with Crippen molar-refractivity contribution in [2.24, 2.45) is 0 Å². The predicted octanol–water partition coefficient (Wildman–Crippen LogP) is 0.963. The first-order chi connectivity index (χ1) is 6.25. The van der Waals surface area contributed by atoms with Gasteiger partial charge in [-0.3, -0.25) is 0 Å². The molecule has 0 atom stereocenters. The normalized spacial score (nSPS) is 8.92. The van der Waals surface area contributed by atoms with Crippen LogP contribution in [0.2, 0.25) is 0 Å². The molecule has 13 heavy (non-hydrogen) atoms. The average Bonchev–Trinajstić information content (AvgIpc) is 2.48. The molecule has 0 aliphatic heterocycles. The number of anilines is 1. The Morgan fingerprint density at radius 1 is 1.54 bits per heavy atom. The van der Waals surface area contributed by atoms with E-state index in [1.807, 2.05) is 13.8 Å². The van der Waals surface area contributed by atoms with Crippen LogP contribution in [0.1, 0.15) is 19.4 Å².